The number of nitrogens with zero attached hydrogens (tertiary/aromatic N) is 1. The molecule has 0 radical (unpaired) electrons. The summed E-state index contributed by atoms with van der Waals surface area (Å²) in [5.41, 5.74) is 1.79. The van der Waals surface area contributed by atoms with E-state index in [1.165, 1.54) is 18.2 Å². The number of nitro benzene ring substituents is 1. The van der Waals surface area contributed by atoms with Crippen molar-refractivity contribution in [3.63, 3.8) is 0 Å². The molecule has 0 atom stereocenters. The average Bonchev–Trinajstić information content (AvgIpc) is 2.72. The van der Waals surface area contributed by atoms with E-state index < -0.39 is 16.4 Å². The Bertz CT molecular complexity index is 1030. The van der Waals surface area contributed by atoms with E-state index in [-0.39, 0.29) is 17.8 Å². The van der Waals surface area contributed by atoms with Gasteiger partial charge in [-0.2, -0.15) is 0 Å². The number of rotatable bonds is 7. The van der Waals surface area contributed by atoms with Crippen molar-refractivity contribution in [3.05, 3.63) is 92.8 Å². The van der Waals surface area contributed by atoms with E-state index in [2.05, 4.69) is 15.6 Å². The van der Waals surface area contributed by atoms with E-state index in [4.69, 9.17) is 0 Å². The molecule has 0 bridgehead atoms. The molecule has 1 heterocycles. The predicted molar refractivity (Wildman–Crippen MR) is 106 cm³/mol. The summed E-state index contributed by atoms with van der Waals surface area (Å²) in [6.07, 6.45) is 0. The lowest BCUT2D eigenvalue weighted by Gasteiger charge is -2.08. The fraction of sp³-hybridized carbons (Fsp3) is 0.100. The van der Waals surface area contributed by atoms with Gasteiger partial charge in [-0.05, 0) is 29.8 Å². The Hall–Kier alpha value is -3.94. The topological polar surface area (TPSA) is 117 Å². The molecular weight excluding hydrogens is 360 g/mol. The van der Waals surface area contributed by atoms with Gasteiger partial charge in [0.25, 0.3) is 17.2 Å². The molecule has 0 spiro atoms. The van der Waals surface area contributed by atoms with E-state index in [0.29, 0.717) is 17.9 Å². The lowest BCUT2D eigenvalue weighted by atomic mass is 10.1. The maximum absolute atomic E-state index is 12.2. The quantitative estimate of drug-likeness (QED) is 0.332. The molecule has 0 unspecified atom stereocenters. The van der Waals surface area contributed by atoms with Crippen LogP contribution in [0.25, 0.3) is 11.3 Å². The number of benzene rings is 2. The highest BCUT2D eigenvalue weighted by Gasteiger charge is 2.11. The van der Waals surface area contributed by atoms with Gasteiger partial charge >= 0.3 is 0 Å². The minimum atomic E-state index is -0.468. The molecule has 0 aliphatic carbocycles. The maximum Gasteiger partial charge on any atom is 0.269 e. The van der Waals surface area contributed by atoms with E-state index in [1.807, 2.05) is 30.3 Å². The minimum Gasteiger partial charge on any atom is -0.383 e. The first-order chi connectivity index (χ1) is 13.5. The van der Waals surface area contributed by atoms with Crippen LogP contribution in [0.5, 0.6) is 0 Å². The number of hydrogen-bond donors (Lipinski definition) is 3. The van der Waals surface area contributed by atoms with Crippen LogP contribution in [0.2, 0.25) is 0 Å². The summed E-state index contributed by atoms with van der Waals surface area (Å²) in [4.78, 5) is 37.3. The van der Waals surface area contributed by atoms with Crippen molar-refractivity contribution in [3.8, 4) is 11.3 Å². The second-order valence-electron chi connectivity index (χ2n) is 5.97. The van der Waals surface area contributed by atoms with Crippen LogP contribution < -0.4 is 16.2 Å². The van der Waals surface area contributed by atoms with E-state index in [9.17, 15) is 19.7 Å². The summed E-state index contributed by atoms with van der Waals surface area (Å²) >= 11 is 0. The number of non-ortho nitro benzene ring substituents is 1. The SMILES string of the molecule is O=C(NCCNc1ccc([N+](=O)[O-])cc1)c1ccc(-c2ccccc2)[nH]c1=O. The van der Waals surface area contributed by atoms with Gasteiger partial charge in [-0.25, -0.2) is 0 Å². The third-order valence-corrected chi connectivity index (χ3v) is 4.06. The first kappa shape index (κ1) is 18.8. The predicted octanol–water partition coefficient (Wildman–Crippen LogP) is 2.79. The van der Waals surface area contributed by atoms with E-state index >= 15 is 0 Å². The molecule has 0 saturated carbocycles. The zero-order valence-electron chi connectivity index (χ0n) is 14.8. The second kappa shape index (κ2) is 8.63. The molecule has 0 aliphatic heterocycles. The zero-order valence-corrected chi connectivity index (χ0v) is 14.8. The lowest BCUT2D eigenvalue weighted by molar-refractivity contribution is -0.384. The van der Waals surface area contributed by atoms with Crippen LogP contribution in [0, 0.1) is 10.1 Å². The van der Waals surface area contributed by atoms with Gasteiger partial charge in [-0.1, -0.05) is 30.3 Å². The van der Waals surface area contributed by atoms with Crippen molar-refractivity contribution in [2.75, 3.05) is 18.4 Å². The van der Waals surface area contributed by atoms with Gasteiger partial charge in [0.15, 0.2) is 0 Å². The minimum absolute atomic E-state index is 0.0111. The highest BCUT2D eigenvalue weighted by molar-refractivity contribution is 5.94. The summed E-state index contributed by atoms with van der Waals surface area (Å²) in [5, 5.41) is 16.3. The van der Waals surface area contributed by atoms with Gasteiger partial charge in [-0.3, -0.25) is 19.7 Å². The molecule has 3 rings (SSSR count). The number of hydrogen-bond acceptors (Lipinski definition) is 5. The molecule has 142 valence electrons. The molecule has 1 aromatic heterocycles. The Morgan fingerprint density at radius 3 is 2.32 bits per heavy atom. The van der Waals surface area contributed by atoms with Crippen LogP contribution in [0.1, 0.15) is 10.4 Å². The Morgan fingerprint density at radius 2 is 1.68 bits per heavy atom. The summed E-state index contributed by atoms with van der Waals surface area (Å²) in [5.74, 6) is -0.466. The third kappa shape index (κ3) is 4.61. The molecule has 28 heavy (non-hydrogen) atoms. The number of amides is 1. The lowest BCUT2D eigenvalue weighted by Crippen LogP contribution is -2.32. The number of carbonyl (C=O) groups excluding carboxylic acids is 1. The standard InChI is InChI=1S/C20H18N4O4/c25-19(22-13-12-21-15-6-8-16(9-7-15)24(27)28)17-10-11-18(23-20(17)26)14-4-2-1-3-5-14/h1-11,21H,12-13H2,(H,22,25)(H,23,26). The molecule has 3 aromatic rings. The number of carbonyl (C=O) groups is 1. The van der Waals surface area contributed by atoms with Crippen LogP contribution >= 0.6 is 0 Å². The normalized spacial score (nSPS) is 10.3. The van der Waals surface area contributed by atoms with Crippen LogP contribution in [-0.4, -0.2) is 28.9 Å². The third-order valence-electron chi connectivity index (χ3n) is 4.06. The van der Waals surface area contributed by atoms with Gasteiger partial charge < -0.3 is 15.6 Å². The highest BCUT2D eigenvalue weighted by Crippen LogP contribution is 2.15. The van der Waals surface area contributed by atoms with Gasteiger partial charge in [0, 0.05) is 36.6 Å². The van der Waals surface area contributed by atoms with Crippen LogP contribution in [0.4, 0.5) is 11.4 Å². The molecule has 1 amide bonds. The maximum atomic E-state index is 12.2. The first-order valence-electron chi connectivity index (χ1n) is 8.60. The number of aromatic amines is 1. The summed E-state index contributed by atoms with van der Waals surface area (Å²) in [7, 11) is 0. The number of pyridine rings is 1. The van der Waals surface area contributed by atoms with Gasteiger partial charge in [0.2, 0.25) is 0 Å². The van der Waals surface area contributed by atoms with Crippen molar-refractivity contribution >= 4 is 17.3 Å². The number of nitro groups is 1. The summed E-state index contributed by atoms with van der Waals surface area (Å²) in [6, 6.07) is 18.5. The Kier molecular flexibility index (Phi) is 5.81. The van der Waals surface area contributed by atoms with Gasteiger partial charge in [-0.15, -0.1) is 0 Å². The number of anilines is 1. The first-order valence-corrected chi connectivity index (χ1v) is 8.60. The van der Waals surface area contributed by atoms with Crippen LogP contribution in [-0.2, 0) is 0 Å². The molecular formula is C20H18N4O4. The largest absolute Gasteiger partial charge is 0.383 e. The Balaban J connectivity index is 1.53. The van der Waals surface area contributed by atoms with Crippen LogP contribution in [0.3, 0.4) is 0 Å². The summed E-state index contributed by atoms with van der Waals surface area (Å²) in [6.45, 7) is 0.694. The number of H-pyrrole nitrogens is 1. The fourth-order valence-electron chi connectivity index (χ4n) is 2.62. The van der Waals surface area contributed by atoms with Crippen LogP contribution in [0.15, 0.2) is 71.5 Å². The molecule has 0 fully saturated rings. The molecule has 8 nitrogen and oxygen atoms in total. The molecule has 3 N–H and O–H groups in total. The monoisotopic (exact) mass is 378 g/mol. The zero-order chi connectivity index (χ0) is 19.9. The average molecular weight is 378 g/mol. The summed E-state index contributed by atoms with van der Waals surface area (Å²) < 4.78 is 0. The fourth-order valence-corrected chi connectivity index (χ4v) is 2.62. The van der Waals surface area contributed by atoms with Crippen molar-refractivity contribution < 1.29 is 9.72 Å². The van der Waals surface area contributed by atoms with Gasteiger partial charge in [0.05, 0.1) is 4.92 Å². The smallest absolute Gasteiger partial charge is 0.269 e. The van der Waals surface area contributed by atoms with Crippen molar-refractivity contribution in [2.45, 2.75) is 0 Å². The van der Waals surface area contributed by atoms with Crippen molar-refractivity contribution in [1.29, 1.82) is 0 Å². The Morgan fingerprint density at radius 1 is 0.964 bits per heavy atom. The van der Waals surface area contributed by atoms with E-state index in [0.717, 1.165) is 5.56 Å². The van der Waals surface area contributed by atoms with Crippen molar-refractivity contribution in [1.82, 2.24) is 10.3 Å². The number of nitrogens with one attached hydrogen (secondary N) is 3. The highest BCUT2D eigenvalue weighted by atomic mass is 16.6. The second-order valence-corrected chi connectivity index (χ2v) is 5.97. The van der Waals surface area contributed by atoms with Gasteiger partial charge in [0.1, 0.15) is 5.56 Å². The van der Waals surface area contributed by atoms with Crippen molar-refractivity contribution in [2.24, 2.45) is 0 Å². The Labute approximate surface area is 160 Å². The van der Waals surface area contributed by atoms with E-state index in [1.54, 1.807) is 18.2 Å². The molecule has 0 saturated heterocycles. The molecule has 0 aliphatic rings. The number of aromatic nitrogens is 1. The molecule has 8 heteroatoms. The molecule has 2 aromatic carbocycles.